The van der Waals surface area contributed by atoms with Crippen LogP contribution in [-0.4, -0.2) is 18.4 Å². The zero-order valence-electron chi connectivity index (χ0n) is 23.3. The van der Waals surface area contributed by atoms with E-state index in [1.807, 2.05) is 42.5 Å². The molecule has 4 heteroatoms. The van der Waals surface area contributed by atoms with Gasteiger partial charge in [0.2, 0.25) is 0 Å². The van der Waals surface area contributed by atoms with Gasteiger partial charge in [-0.1, -0.05) is 96.3 Å². The summed E-state index contributed by atoms with van der Waals surface area (Å²) in [7, 11) is 0. The van der Waals surface area contributed by atoms with Gasteiger partial charge in [-0.15, -0.1) is 0 Å². The first-order chi connectivity index (χ1) is 18.6. The van der Waals surface area contributed by atoms with E-state index in [1.54, 1.807) is 18.2 Å². The topological polar surface area (TPSA) is 52.6 Å². The summed E-state index contributed by atoms with van der Waals surface area (Å²) in [6.45, 7) is 5.11. The highest BCUT2D eigenvalue weighted by Gasteiger charge is 2.11. The summed E-state index contributed by atoms with van der Waals surface area (Å²) in [5, 5.41) is 1.89. The Balaban J connectivity index is 1.44. The second-order valence-corrected chi connectivity index (χ2v) is 10.2. The van der Waals surface area contributed by atoms with Crippen LogP contribution < -0.4 is 9.47 Å². The number of ketones is 1. The molecule has 0 spiro atoms. The largest absolute Gasteiger partial charge is 0.494 e. The molecule has 0 atom stereocenters. The normalized spacial score (nSPS) is 11.0. The van der Waals surface area contributed by atoms with E-state index in [0.717, 1.165) is 47.8 Å². The Morgan fingerprint density at radius 1 is 0.579 bits per heavy atom. The first-order valence-corrected chi connectivity index (χ1v) is 14.6. The van der Waals surface area contributed by atoms with Crippen LogP contribution in [0.2, 0.25) is 0 Å². The summed E-state index contributed by atoms with van der Waals surface area (Å²) in [4.78, 5) is 25.2. The van der Waals surface area contributed by atoms with Crippen LogP contribution in [0.5, 0.6) is 11.5 Å². The number of carbonyl (C=O) groups excluding carboxylic acids is 2. The van der Waals surface area contributed by atoms with Crippen molar-refractivity contribution in [3.05, 3.63) is 71.8 Å². The molecule has 0 aliphatic carbocycles. The summed E-state index contributed by atoms with van der Waals surface area (Å²) >= 11 is 0. The molecule has 0 heterocycles. The smallest absolute Gasteiger partial charge is 0.343 e. The maximum Gasteiger partial charge on any atom is 0.343 e. The van der Waals surface area contributed by atoms with Crippen molar-refractivity contribution in [2.24, 2.45) is 0 Å². The summed E-state index contributed by atoms with van der Waals surface area (Å²) in [6, 6.07) is 18.3. The van der Waals surface area contributed by atoms with Crippen LogP contribution in [0, 0.1) is 0 Å². The van der Waals surface area contributed by atoms with Gasteiger partial charge in [-0.25, -0.2) is 4.79 Å². The molecule has 0 aliphatic heterocycles. The SMILES string of the molecule is CCCCCCCCCCOc1ccc(C(=O)Oc2ccc3cc(C(=O)CCCCCC)ccc3c2)cc1. The molecule has 0 unspecified atom stereocenters. The van der Waals surface area contributed by atoms with Crippen LogP contribution in [0.1, 0.15) is 118 Å². The fraction of sp³-hybridized carbons (Fsp3) is 0.471. The standard InChI is InChI=1S/C34H44O4/c1-3-5-7-9-10-11-12-14-24-37-31-21-18-27(19-22-31)34(36)38-32-23-20-28-25-30(17-16-29(28)26-32)33(35)15-13-8-6-4-2/h16-23,25-26H,3-15,24H2,1-2H3. The zero-order chi connectivity index (χ0) is 27.0. The van der Waals surface area contributed by atoms with E-state index in [0.29, 0.717) is 24.3 Å². The Hall–Kier alpha value is -3.14. The lowest BCUT2D eigenvalue weighted by molar-refractivity contribution is 0.0734. The van der Waals surface area contributed by atoms with Crippen LogP contribution >= 0.6 is 0 Å². The minimum absolute atomic E-state index is 0.184. The van der Waals surface area contributed by atoms with Gasteiger partial charge < -0.3 is 9.47 Å². The van der Waals surface area contributed by atoms with Crippen LogP contribution in [-0.2, 0) is 0 Å². The number of carbonyl (C=O) groups is 2. The van der Waals surface area contributed by atoms with Gasteiger partial charge >= 0.3 is 5.97 Å². The monoisotopic (exact) mass is 516 g/mol. The van der Waals surface area contributed by atoms with E-state index in [2.05, 4.69) is 13.8 Å². The number of hydrogen-bond donors (Lipinski definition) is 0. The molecule has 0 aromatic heterocycles. The molecule has 38 heavy (non-hydrogen) atoms. The molecule has 3 rings (SSSR count). The van der Waals surface area contributed by atoms with E-state index < -0.39 is 5.97 Å². The molecule has 0 saturated heterocycles. The Bertz CT molecular complexity index is 1130. The summed E-state index contributed by atoms with van der Waals surface area (Å²) in [6.07, 6.45) is 15.1. The number of fused-ring (bicyclic) bond motifs is 1. The number of unbranched alkanes of at least 4 members (excludes halogenated alkanes) is 10. The third-order valence-corrected chi connectivity index (χ3v) is 6.96. The molecule has 3 aromatic carbocycles. The lowest BCUT2D eigenvalue weighted by atomic mass is 10.0. The molecule has 4 nitrogen and oxygen atoms in total. The van der Waals surface area contributed by atoms with Crippen molar-refractivity contribution < 1.29 is 19.1 Å². The van der Waals surface area contributed by atoms with E-state index in [-0.39, 0.29) is 5.78 Å². The Labute approximate surface area is 228 Å². The highest BCUT2D eigenvalue weighted by molar-refractivity contribution is 6.00. The van der Waals surface area contributed by atoms with Crippen LogP contribution in [0.15, 0.2) is 60.7 Å². The van der Waals surface area contributed by atoms with Gasteiger partial charge in [-0.05, 0) is 66.1 Å². The third-order valence-electron chi connectivity index (χ3n) is 6.96. The fourth-order valence-electron chi connectivity index (χ4n) is 4.60. The average molecular weight is 517 g/mol. The quantitative estimate of drug-likeness (QED) is 0.0730. The Morgan fingerprint density at radius 2 is 1.13 bits per heavy atom. The predicted molar refractivity (Wildman–Crippen MR) is 157 cm³/mol. The molecule has 0 amide bonds. The average Bonchev–Trinajstić information content (AvgIpc) is 2.94. The van der Waals surface area contributed by atoms with Crippen molar-refractivity contribution in [3.8, 4) is 11.5 Å². The zero-order valence-corrected chi connectivity index (χ0v) is 23.3. The molecular weight excluding hydrogens is 472 g/mol. The molecule has 0 fully saturated rings. The van der Waals surface area contributed by atoms with Crippen molar-refractivity contribution in [2.45, 2.75) is 97.3 Å². The van der Waals surface area contributed by atoms with Gasteiger partial charge in [-0.2, -0.15) is 0 Å². The van der Waals surface area contributed by atoms with Gasteiger partial charge in [0.1, 0.15) is 11.5 Å². The van der Waals surface area contributed by atoms with Crippen molar-refractivity contribution >= 4 is 22.5 Å². The van der Waals surface area contributed by atoms with Crippen molar-refractivity contribution in [3.63, 3.8) is 0 Å². The van der Waals surface area contributed by atoms with E-state index >= 15 is 0 Å². The summed E-state index contributed by atoms with van der Waals surface area (Å²) < 4.78 is 11.5. The Morgan fingerprint density at radius 3 is 1.84 bits per heavy atom. The first-order valence-electron chi connectivity index (χ1n) is 14.6. The van der Waals surface area contributed by atoms with Crippen LogP contribution in [0.25, 0.3) is 10.8 Å². The van der Waals surface area contributed by atoms with Crippen LogP contribution in [0.4, 0.5) is 0 Å². The Kier molecular flexibility index (Phi) is 12.9. The highest BCUT2D eigenvalue weighted by Crippen LogP contribution is 2.24. The van der Waals surface area contributed by atoms with Crippen molar-refractivity contribution in [2.75, 3.05) is 6.61 Å². The second kappa shape index (κ2) is 16.7. The van der Waals surface area contributed by atoms with Crippen molar-refractivity contribution in [1.29, 1.82) is 0 Å². The number of Topliss-reactive ketones (excluding diaryl/α,β-unsaturated/α-hetero) is 1. The second-order valence-electron chi connectivity index (χ2n) is 10.2. The van der Waals surface area contributed by atoms with E-state index in [4.69, 9.17) is 9.47 Å². The predicted octanol–water partition coefficient (Wildman–Crippen LogP) is 9.73. The molecular formula is C34H44O4. The molecule has 0 N–H and O–H groups in total. The van der Waals surface area contributed by atoms with Gasteiger partial charge in [-0.3, -0.25) is 4.79 Å². The van der Waals surface area contributed by atoms with Gasteiger partial charge in [0.25, 0.3) is 0 Å². The minimum Gasteiger partial charge on any atom is -0.494 e. The number of benzene rings is 3. The molecule has 3 aromatic rings. The lowest BCUT2D eigenvalue weighted by Gasteiger charge is -2.09. The molecule has 0 bridgehead atoms. The maximum absolute atomic E-state index is 12.7. The highest BCUT2D eigenvalue weighted by atomic mass is 16.5. The number of ether oxygens (including phenoxy) is 2. The summed E-state index contributed by atoms with van der Waals surface area (Å²) in [5.74, 6) is 1.03. The molecule has 0 aliphatic rings. The van der Waals surface area contributed by atoms with Crippen LogP contribution in [0.3, 0.4) is 0 Å². The van der Waals surface area contributed by atoms with Gasteiger partial charge in [0.05, 0.1) is 12.2 Å². The van der Waals surface area contributed by atoms with Crippen molar-refractivity contribution in [1.82, 2.24) is 0 Å². The van der Waals surface area contributed by atoms with Gasteiger partial charge in [0.15, 0.2) is 5.78 Å². The fourth-order valence-corrected chi connectivity index (χ4v) is 4.60. The molecule has 204 valence electrons. The van der Waals surface area contributed by atoms with E-state index in [1.165, 1.54) is 51.4 Å². The minimum atomic E-state index is -0.405. The third kappa shape index (κ3) is 9.96. The first kappa shape index (κ1) is 29.4. The molecule has 0 radical (unpaired) electrons. The van der Waals surface area contributed by atoms with Gasteiger partial charge in [0, 0.05) is 12.0 Å². The maximum atomic E-state index is 12.7. The number of rotatable bonds is 18. The number of esters is 1. The molecule has 0 saturated carbocycles. The lowest BCUT2D eigenvalue weighted by Crippen LogP contribution is -2.08. The summed E-state index contributed by atoms with van der Waals surface area (Å²) in [5.41, 5.74) is 1.22. The number of hydrogen-bond acceptors (Lipinski definition) is 4. The van der Waals surface area contributed by atoms with E-state index in [9.17, 15) is 9.59 Å².